The minimum Gasteiger partial charge on any atom is -0.349 e. The second-order valence-corrected chi connectivity index (χ2v) is 5.37. The highest BCUT2D eigenvalue weighted by atomic mass is 32.1. The van der Waals surface area contributed by atoms with E-state index >= 15 is 0 Å². The van der Waals surface area contributed by atoms with Gasteiger partial charge in [0.1, 0.15) is 0 Å². The van der Waals surface area contributed by atoms with Gasteiger partial charge in [-0.3, -0.25) is 9.89 Å². The van der Waals surface area contributed by atoms with E-state index in [0.29, 0.717) is 12.2 Å². The lowest BCUT2D eigenvalue weighted by atomic mass is 10.3. The largest absolute Gasteiger partial charge is 0.349 e. The molecule has 0 saturated heterocycles. The lowest BCUT2D eigenvalue weighted by molar-refractivity contribution is 0.0944. The molecule has 0 aliphatic carbocycles. The van der Waals surface area contributed by atoms with Crippen molar-refractivity contribution in [3.63, 3.8) is 0 Å². The Morgan fingerprint density at radius 1 is 1.45 bits per heavy atom. The van der Waals surface area contributed by atoms with E-state index in [9.17, 15) is 4.79 Å². The monoisotopic (exact) mass is 292 g/mol. The number of thiophene rings is 1. The number of aromatic nitrogens is 2. The number of carbonyl (C=O) groups excluding carboxylic acids is 1. The Morgan fingerprint density at radius 2 is 2.25 bits per heavy atom. The number of hydrogen-bond donors (Lipinski definition) is 2. The second-order valence-electron chi connectivity index (χ2n) is 4.43. The van der Waals surface area contributed by atoms with Crippen LogP contribution in [-0.4, -0.2) is 47.2 Å². The van der Waals surface area contributed by atoms with Gasteiger partial charge in [0.15, 0.2) is 5.69 Å². The normalized spacial score (nSPS) is 10.9. The van der Waals surface area contributed by atoms with E-state index in [0.717, 1.165) is 30.2 Å². The standard InChI is InChI=1S/C14H20N4OS/c1-3-18(4-2)8-7-15-14(19)12-10-11(16-17-12)13-6-5-9-20-13/h5-6,9-10H,3-4,7-8H2,1-2H3,(H,15,19)(H,16,17). The molecule has 0 aliphatic rings. The molecule has 108 valence electrons. The van der Waals surface area contributed by atoms with Crippen molar-refractivity contribution in [3.8, 4) is 10.6 Å². The van der Waals surface area contributed by atoms with E-state index < -0.39 is 0 Å². The molecular formula is C14H20N4OS. The van der Waals surface area contributed by atoms with Gasteiger partial charge in [0, 0.05) is 13.1 Å². The van der Waals surface area contributed by atoms with Crippen LogP contribution in [0.4, 0.5) is 0 Å². The molecule has 0 aliphatic heterocycles. The summed E-state index contributed by atoms with van der Waals surface area (Å²) in [6.45, 7) is 7.73. The summed E-state index contributed by atoms with van der Waals surface area (Å²) in [5.41, 5.74) is 1.32. The predicted molar refractivity (Wildman–Crippen MR) is 82.0 cm³/mol. The quantitative estimate of drug-likeness (QED) is 0.822. The molecule has 2 rings (SSSR count). The molecule has 0 spiro atoms. The van der Waals surface area contributed by atoms with Gasteiger partial charge in [-0.05, 0) is 30.6 Å². The Balaban J connectivity index is 1.87. The highest BCUT2D eigenvalue weighted by molar-refractivity contribution is 7.13. The number of H-pyrrole nitrogens is 1. The van der Waals surface area contributed by atoms with Crippen molar-refractivity contribution in [1.29, 1.82) is 0 Å². The van der Waals surface area contributed by atoms with Gasteiger partial charge in [-0.15, -0.1) is 11.3 Å². The molecule has 0 radical (unpaired) electrons. The smallest absolute Gasteiger partial charge is 0.271 e. The number of nitrogens with zero attached hydrogens (tertiary/aromatic N) is 2. The summed E-state index contributed by atoms with van der Waals surface area (Å²) in [5.74, 6) is -0.129. The van der Waals surface area contributed by atoms with Gasteiger partial charge < -0.3 is 10.2 Å². The molecule has 2 N–H and O–H groups in total. The molecule has 1 amide bonds. The number of aromatic amines is 1. The third kappa shape index (κ3) is 3.68. The van der Waals surface area contributed by atoms with E-state index in [4.69, 9.17) is 0 Å². The van der Waals surface area contributed by atoms with E-state index in [-0.39, 0.29) is 5.91 Å². The number of amides is 1. The zero-order valence-corrected chi connectivity index (χ0v) is 12.7. The summed E-state index contributed by atoms with van der Waals surface area (Å²) in [6.07, 6.45) is 0. The first-order valence-corrected chi connectivity index (χ1v) is 7.72. The Bertz CT molecular complexity index is 531. The van der Waals surface area contributed by atoms with Crippen LogP contribution >= 0.6 is 11.3 Å². The van der Waals surface area contributed by atoms with Crippen LogP contribution in [0.5, 0.6) is 0 Å². The zero-order valence-electron chi connectivity index (χ0n) is 11.8. The van der Waals surface area contributed by atoms with Crippen molar-refractivity contribution < 1.29 is 4.79 Å². The van der Waals surface area contributed by atoms with E-state index in [1.165, 1.54) is 0 Å². The molecule has 20 heavy (non-hydrogen) atoms. The third-order valence-electron chi connectivity index (χ3n) is 3.21. The van der Waals surface area contributed by atoms with Crippen molar-refractivity contribution in [1.82, 2.24) is 20.4 Å². The lowest BCUT2D eigenvalue weighted by Gasteiger charge is -2.17. The Labute approximate surface area is 123 Å². The van der Waals surface area contributed by atoms with Crippen molar-refractivity contribution >= 4 is 17.2 Å². The first-order valence-electron chi connectivity index (χ1n) is 6.84. The number of nitrogens with one attached hydrogen (secondary N) is 2. The summed E-state index contributed by atoms with van der Waals surface area (Å²) in [7, 11) is 0. The number of rotatable bonds is 7. The van der Waals surface area contributed by atoms with Crippen LogP contribution in [0.15, 0.2) is 23.6 Å². The lowest BCUT2D eigenvalue weighted by Crippen LogP contribution is -2.34. The summed E-state index contributed by atoms with van der Waals surface area (Å²) in [4.78, 5) is 15.3. The highest BCUT2D eigenvalue weighted by Crippen LogP contribution is 2.22. The highest BCUT2D eigenvalue weighted by Gasteiger charge is 2.11. The third-order valence-corrected chi connectivity index (χ3v) is 4.11. The number of likely N-dealkylation sites (N-methyl/N-ethyl adjacent to an activating group) is 1. The van der Waals surface area contributed by atoms with Gasteiger partial charge in [-0.1, -0.05) is 19.9 Å². The first-order chi connectivity index (χ1) is 9.74. The number of carbonyl (C=O) groups is 1. The maximum Gasteiger partial charge on any atom is 0.271 e. The van der Waals surface area contributed by atoms with Gasteiger partial charge in [0.25, 0.3) is 5.91 Å². The Morgan fingerprint density at radius 3 is 2.90 bits per heavy atom. The molecular weight excluding hydrogens is 272 g/mol. The minimum atomic E-state index is -0.129. The summed E-state index contributed by atoms with van der Waals surface area (Å²) in [5, 5.41) is 11.9. The minimum absolute atomic E-state index is 0.129. The van der Waals surface area contributed by atoms with Crippen molar-refractivity contribution in [2.24, 2.45) is 0 Å². The zero-order chi connectivity index (χ0) is 14.4. The van der Waals surface area contributed by atoms with Gasteiger partial charge in [0.2, 0.25) is 0 Å². The SMILES string of the molecule is CCN(CC)CCNC(=O)c1cc(-c2cccs2)[nH]n1. The maximum absolute atomic E-state index is 12.0. The number of hydrogen-bond acceptors (Lipinski definition) is 4. The van der Waals surface area contributed by atoms with Gasteiger partial charge in [-0.25, -0.2) is 0 Å². The molecule has 5 nitrogen and oxygen atoms in total. The van der Waals surface area contributed by atoms with Crippen LogP contribution in [-0.2, 0) is 0 Å². The fraction of sp³-hybridized carbons (Fsp3) is 0.429. The molecule has 6 heteroatoms. The topological polar surface area (TPSA) is 61.0 Å². The maximum atomic E-state index is 12.0. The van der Waals surface area contributed by atoms with Crippen LogP contribution < -0.4 is 5.32 Å². The van der Waals surface area contributed by atoms with Crippen LogP contribution in [0.1, 0.15) is 24.3 Å². The average Bonchev–Trinajstić information content (AvgIpc) is 3.13. The van der Waals surface area contributed by atoms with E-state index in [2.05, 4.69) is 34.3 Å². The van der Waals surface area contributed by atoms with Gasteiger partial charge in [0.05, 0.1) is 10.6 Å². The molecule has 0 atom stereocenters. The van der Waals surface area contributed by atoms with Crippen LogP contribution in [0.2, 0.25) is 0 Å². The molecule has 2 heterocycles. The molecule has 0 bridgehead atoms. The summed E-state index contributed by atoms with van der Waals surface area (Å²) < 4.78 is 0. The average molecular weight is 292 g/mol. The van der Waals surface area contributed by atoms with Crippen LogP contribution in [0.3, 0.4) is 0 Å². The fourth-order valence-electron chi connectivity index (χ4n) is 1.95. The first kappa shape index (κ1) is 14.7. The van der Waals surface area contributed by atoms with Gasteiger partial charge >= 0.3 is 0 Å². The van der Waals surface area contributed by atoms with E-state index in [1.54, 1.807) is 17.4 Å². The predicted octanol–water partition coefficient (Wildman–Crippen LogP) is 2.21. The Hall–Kier alpha value is -1.66. The molecule has 0 fully saturated rings. The summed E-state index contributed by atoms with van der Waals surface area (Å²) in [6, 6.07) is 5.77. The van der Waals surface area contributed by atoms with Crippen molar-refractivity contribution in [2.45, 2.75) is 13.8 Å². The molecule has 2 aromatic rings. The molecule has 0 unspecified atom stereocenters. The van der Waals surface area contributed by atoms with Crippen LogP contribution in [0, 0.1) is 0 Å². The van der Waals surface area contributed by atoms with Crippen molar-refractivity contribution in [2.75, 3.05) is 26.2 Å². The Kier molecular flexibility index (Phi) is 5.31. The fourth-order valence-corrected chi connectivity index (χ4v) is 2.65. The summed E-state index contributed by atoms with van der Waals surface area (Å²) >= 11 is 1.62. The van der Waals surface area contributed by atoms with Crippen molar-refractivity contribution in [3.05, 3.63) is 29.3 Å². The van der Waals surface area contributed by atoms with Crippen LogP contribution in [0.25, 0.3) is 10.6 Å². The second kappa shape index (κ2) is 7.21. The molecule has 0 saturated carbocycles. The molecule has 2 aromatic heterocycles. The molecule has 0 aromatic carbocycles. The van der Waals surface area contributed by atoms with Gasteiger partial charge in [-0.2, -0.15) is 5.10 Å². The van der Waals surface area contributed by atoms with E-state index in [1.807, 2.05) is 17.5 Å².